The molecule has 2 aliphatic rings. The number of fused-ring (bicyclic) bond motifs is 1. The predicted octanol–water partition coefficient (Wildman–Crippen LogP) is 4.86. The van der Waals surface area contributed by atoms with Gasteiger partial charge >= 0.3 is 5.97 Å². The number of anilines is 2. The zero-order chi connectivity index (χ0) is 25.9. The lowest BCUT2D eigenvalue weighted by atomic mass is 9.73. The van der Waals surface area contributed by atoms with Crippen molar-refractivity contribution in [2.75, 3.05) is 16.8 Å². The van der Waals surface area contributed by atoms with Gasteiger partial charge in [0.2, 0.25) is 11.8 Å². The fraction of sp³-hybridized carbons (Fsp3) is 0.267. The molecule has 0 bridgehead atoms. The van der Waals surface area contributed by atoms with Crippen molar-refractivity contribution in [1.29, 1.82) is 0 Å². The number of imide groups is 1. The minimum absolute atomic E-state index is 0.166. The van der Waals surface area contributed by atoms with Crippen LogP contribution in [0.15, 0.2) is 78.9 Å². The Morgan fingerprint density at radius 1 is 0.892 bits per heavy atom. The molecule has 3 atom stereocenters. The molecule has 7 nitrogen and oxygen atoms in total. The fourth-order valence-corrected chi connectivity index (χ4v) is 5.35. The Kier molecular flexibility index (Phi) is 6.86. The van der Waals surface area contributed by atoms with Crippen molar-refractivity contribution in [3.05, 3.63) is 95.6 Å². The number of benzene rings is 3. The van der Waals surface area contributed by atoms with Crippen molar-refractivity contribution in [2.24, 2.45) is 11.8 Å². The summed E-state index contributed by atoms with van der Waals surface area (Å²) in [5, 5.41) is 2.71. The summed E-state index contributed by atoms with van der Waals surface area (Å²) >= 11 is 0. The number of hydrogen-bond donors (Lipinski definition) is 1. The third kappa shape index (κ3) is 5.03. The SMILES string of the molecule is Cc1ccccc1NC(=O)COC(=O)c1cccc(N2C(=O)[C@@H]3CC[C@@H](c4ccccc4)C[C@H]3C2=O)c1. The molecule has 0 radical (unpaired) electrons. The van der Waals surface area contributed by atoms with Crippen LogP contribution in [0.25, 0.3) is 0 Å². The van der Waals surface area contributed by atoms with Crippen LogP contribution in [0, 0.1) is 18.8 Å². The molecule has 3 aromatic rings. The van der Waals surface area contributed by atoms with Gasteiger partial charge in [-0.15, -0.1) is 0 Å². The Balaban J connectivity index is 1.25. The topological polar surface area (TPSA) is 92.8 Å². The molecule has 0 aromatic heterocycles. The molecule has 1 saturated carbocycles. The van der Waals surface area contributed by atoms with Gasteiger partial charge in [-0.25, -0.2) is 4.79 Å². The molecule has 188 valence electrons. The molecule has 1 N–H and O–H groups in total. The maximum atomic E-state index is 13.4. The molecular formula is C30H28N2O5. The van der Waals surface area contributed by atoms with E-state index >= 15 is 0 Å². The van der Waals surface area contributed by atoms with E-state index in [1.54, 1.807) is 24.3 Å². The average Bonchev–Trinajstić information content (AvgIpc) is 3.18. The van der Waals surface area contributed by atoms with E-state index in [1.807, 2.05) is 37.3 Å². The molecule has 3 amide bonds. The third-order valence-electron chi connectivity index (χ3n) is 7.29. The maximum Gasteiger partial charge on any atom is 0.338 e. The van der Waals surface area contributed by atoms with Crippen LogP contribution in [-0.4, -0.2) is 30.3 Å². The number of carbonyl (C=O) groups excluding carboxylic acids is 4. The Morgan fingerprint density at radius 2 is 1.62 bits per heavy atom. The number of carbonyl (C=O) groups is 4. The lowest BCUT2D eigenvalue weighted by Crippen LogP contribution is -2.31. The molecule has 0 unspecified atom stereocenters. The number of rotatable bonds is 6. The Bertz CT molecular complexity index is 1350. The predicted molar refractivity (Wildman–Crippen MR) is 139 cm³/mol. The second kappa shape index (κ2) is 10.4. The molecule has 37 heavy (non-hydrogen) atoms. The Labute approximate surface area is 215 Å². The number of nitrogens with zero attached hydrogens (tertiary/aromatic N) is 1. The van der Waals surface area contributed by atoms with Gasteiger partial charge in [0.15, 0.2) is 6.61 Å². The molecular weight excluding hydrogens is 468 g/mol. The number of amides is 3. The van der Waals surface area contributed by atoms with Crippen LogP contribution < -0.4 is 10.2 Å². The number of nitrogens with one attached hydrogen (secondary N) is 1. The number of aryl methyl sites for hydroxylation is 1. The van der Waals surface area contributed by atoms with E-state index in [1.165, 1.54) is 22.6 Å². The fourth-order valence-electron chi connectivity index (χ4n) is 5.35. The summed E-state index contributed by atoms with van der Waals surface area (Å²) in [7, 11) is 0. The van der Waals surface area contributed by atoms with Gasteiger partial charge < -0.3 is 10.1 Å². The molecule has 2 fully saturated rings. The molecule has 1 heterocycles. The first kappa shape index (κ1) is 24.4. The summed E-state index contributed by atoms with van der Waals surface area (Å²) < 4.78 is 5.19. The second-order valence-electron chi connectivity index (χ2n) is 9.64. The lowest BCUT2D eigenvalue weighted by Gasteiger charge is -2.28. The van der Waals surface area contributed by atoms with Gasteiger partial charge in [-0.2, -0.15) is 0 Å². The van der Waals surface area contributed by atoms with E-state index in [0.29, 0.717) is 24.2 Å². The Hall–Kier alpha value is -4.26. The largest absolute Gasteiger partial charge is 0.452 e. The van der Waals surface area contributed by atoms with E-state index in [9.17, 15) is 19.2 Å². The first-order valence-electron chi connectivity index (χ1n) is 12.5. The van der Waals surface area contributed by atoms with Crippen LogP contribution in [0.1, 0.15) is 46.7 Å². The minimum atomic E-state index is -0.706. The van der Waals surface area contributed by atoms with Gasteiger partial charge in [0.05, 0.1) is 23.1 Å². The van der Waals surface area contributed by atoms with Gasteiger partial charge in [0.1, 0.15) is 0 Å². The third-order valence-corrected chi connectivity index (χ3v) is 7.29. The van der Waals surface area contributed by atoms with Crippen molar-refractivity contribution in [2.45, 2.75) is 32.1 Å². The number of hydrogen-bond acceptors (Lipinski definition) is 5. The Morgan fingerprint density at radius 3 is 2.41 bits per heavy atom. The van der Waals surface area contributed by atoms with Crippen molar-refractivity contribution in [3.63, 3.8) is 0 Å². The highest BCUT2D eigenvalue weighted by Gasteiger charge is 2.50. The zero-order valence-electron chi connectivity index (χ0n) is 20.6. The van der Waals surface area contributed by atoms with Gasteiger partial charge in [-0.05, 0) is 67.5 Å². The summed E-state index contributed by atoms with van der Waals surface area (Å²) in [5.41, 5.74) is 3.24. The summed E-state index contributed by atoms with van der Waals surface area (Å²) in [6.07, 6.45) is 2.14. The maximum absolute atomic E-state index is 13.4. The van der Waals surface area contributed by atoms with Crippen LogP contribution in [0.5, 0.6) is 0 Å². The zero-order valence-corrected chi connectivity index (χ0v) is 20.6. The van der Waals surface area contributed by atoms with Crippen LogP contribution in [0.2, 0.25) is 0 Å². The quantitative estimate of drug-likeness (QED) is 0.389. The molecule has 1 aliphatic carbocycles. The van der Waals surface area contributed by atoms with E-state index < -0.39 is 18.5 Å². The van der Waals surface area contributed by atoms with Crippen molar-refractivity contribution in [1.82, 2.24) is 0 Å². The van der Waals surface area contributed by atoms with Gasteiger partial charge in [-0.1, -0.05) is 54.6 Å². The smallest absolute Gasteiger partial charge is 0.338 e. The van der Waals surface area contributed by atoms with Crippen LogP contribution in [0.3, 0.4) is 0 Å². The highest BCUT2D eigenvalue weighted by atomic mass is 16.5. The normalized spacial score (nSPS) is 20.9. The van der Waals surface area contributed by atoms with Gasteiger partial charge in [0, 0.05) is 5.69 Å². The highest BCUT2D eigenvalue weighted by molar-refractivity contribution is 6.22. The lowest BCUT2D eigenvalue weighted by molar-refractivity contribution is -0.122. The van der Waals surface area contributed by atoms with Crippen molar-refractivity contribution < 1.29 is 23.9 Å². The van der Waals surface area contributed by atoms with Gasteiger partial charge in [-0.3, -0.25) is 19.3 Å². The average molecular weight is 497 g/mol. The van der Waals surface area contributed by atoms with Crippen LogP contribution in [-0.2, 0) is 19.1 Å². The van der Waals surface area contributed by atoms with Crippen LogP contribution >= 0.6 is 0 Å². The molecule has 0 spiro atoms. The van der Waals surface area contributed by atoms with Crippen molar-refractivity contribution in [3.8, 4) is 0 Å². The summed E-state index contributed by atoms with van der Waals surface area (Å²) in [6.45, 7) is 1.41. The van der Waals surface area contributed by atoms with Crippen molar-refractivity contribution >= 4 is 35.1 Å². The van der Waals surface area contributed by atoms with E-state index in [-0.39, 0.29) is 35.1 Å². The number of ether oxygens (including phenoxy) is 1. The number of esters is 1. The molecule has 5 rings (SSSR count). The molecule has 1 aliphatic heterocycles. The summed E-state index contributed by atoms with van der Waals surface area (Å²) in [4.78, 5) is 52.7. The van der Waals surface area contributed by atoms with E-state index in [0.717, 1.165) is 12.0 Å². The first-order chi connectivity index (χ1) is 17.9. The molecule has 7 heteroatoms. The first-order valence-corrected chi connectivity index (χ1v) is 12.5. The minimum Gasteiger partial charge on any atom is -0.452 e. The number of para-hydroxylation sites is 1. The van der Waals surface area contributed by atoms with E-state index in [2.05, 4.69) is 17.4 Å². The second-order valence-corrected chi connectivity index (χ2v) is 9.64. The summed E-state index contributed by atoms with van der Waals surface area (Å²) in [5.74, 6) is -2.07. The van der Waals surface area contributed by atoms with E-state index in [4.69, 9.17) is 4.74 Å². The standard InChI is InChI=1S/C30H28N2O5/c1-19-8-5-6-13-26(19)31-27(33)18-37-30(36)22-11-7-12-23(16-22)32-28(34)24-15-14-21(17-25(24)29(32)35)20-9-3-2-4-10-20/h2-13,16,21,24-25H,14-15,17-18H2,1H3,(H,31,33)/t21-,24-,25-/m1/s1. The molecule has 3 aromatic carbocycles. The van der Waals surface area contributed by atoms with Crippen LogP contribution in [0.4, 0.5) is 11.4 Å². The monoisotopic (exact) mass is 496 g/mol. The highest BCUT2D eigenvalue weighted by Crippen LogP contribution is 2.45. The van der Waals surface area contributed by atoms with Gasteiger partial charge in [0.25, 0.3) is 5.91 Å². The summed E-state index contributed by atoms with van der Waals surface area (Å²) in [6, 6.07) is 23.7. The molecule has 1 saturated heterocycles.